The third kappa shape index (κ3) is 1.67. The Kier molecular flexibility index (Phi) is 2.87. The second kappa shape index (κ2) is 4.29. The van der Waals surface area contributed by atoms with E-state index in [0.717, 1.165) is 23.0 Å². The monoisotopic (exact) mass is 262 g/mol. The van der Waals surface area contributed by atoms with Gasteiger partial charge in [0.25, 0.3) is 0 Å². The smallest absolute Gasteiger partial charge is 0.0672 e. The van der Waals surface area contributed by atoms with Crippen LogP contribution in [-0.2, 0) is 7.05 Å². The Labute approximate surface area is 113 Å². The van der Waals surface area contributed by atoms with Gasteiger partial charge in [-0.25, -0.2) is 0 Å². The van der Waals surface area contributed by atoms with Gasteiger partial charge in [-0.15, -0.1) is 0 Å². The van der Waals surface area contributed by atoms with Crippen LogP contribution in [0.25, 0.3) is 10.9 Å². The summed E-state index contributed by atoms with van der Waals surface area (Å²) in [5, 5.41) is 2.11. The quantitative estimate of drug-likeness (QED) is 0.900. The van der Waals surface area contributed by atoms with Crippen molar-refractivity contribution < 1.29 is 0 Å². The fourth-order valence-corrected chi connectivity index (χ4v) is 3.43. The molecule has 1 unspecified atom stereocenters. The van der Waals surface area contributed by atoms with Gasteiger partial charge in [0.15, 0.2) is 0 Å². The van der Waals surface area contributed by atoms with E-state index in [4.69, 9.17) is 17.3 Å². The Balaban J connectivity index is 2.28. The van der Waals surface area contributed by atoms with Gasteiger partial charge in [0.2, 0.25) is 0 Å². The highest BCUT2D eigenvalue weighted by atomic mass is 35.5. The number of nitrogens with two attached hydrogens (primary N) is 1. The van der Waals surface area contributed by atoms with Gasteiger partial charge in [-0.2, -0.15) is 0 Å². The first kappa shape index (κ1) is 12.1. The molecule has 1 fully saturated rings. The number of hydrogen-bond acceptors (Lipinski definition) is 1. The number of halogens is 1. The fourth-order valence-electron chi connectivity index (χ4n) is 3.13. The van der Waals surface area contributed by atoms with E-state index in [1.165, 1.54) is 29.5 Å². The lowest BCUT2D eigenvalue weighted by atomic mass is 9.92. The van der Waals surface area contributed by atoms with Crippen LogP contribution in [-0.4, -0.2) is 11.1 Å². The number of benzene rings is 1. The lowest BCUT2D eigenvalue weighted by Gasteiger charge is -2.15. The first-order chi connectivity index (χ1) is 8.65. The molecule has 96 valence electrons. The van der Waals surface area contributed by atoms with E-state index >= 15 is 0 Å². The van der Waals surface area contributed by atoms with Gasteiger partial charge in [-0.1, -0.05) is 23.7 Å². The summed E-state index contributed by atoms with van der Waals surface area (Å²) >= 11 is 6.34. The topological polar surface area (TPSA) is 30.9 Å². The molecular weight excluding hydrogens is 244 g/mol. The van der Waals surface area contributed by atoms with Gasteiger partial charge < -0.3 is 10.3 Å². The Morgan fingerprint density at radius 3 is 2.78 bits per heavy atom. The maximum absolute atomic E-state index is 6.34. The summed E-state index contributed by atoms with van der Waals surface area (Å²) in [6.45, 7) is 2.91. The van der Waals surface area contributed by atoms with Crippen LogP contribution < -0.4 is 5.73 Å². The fraction of sp³-hybridized carbons (Fsp3) is 0.467. The number of aryl methyl sites for hydroxylation is 1. The molecule has 0 bridgehead atoms. The minimum Gasteiger partial charge on any atom is -0.346 e. The van der Waals surface area contributed by atoms with Gasteiger partial charge in [0, 0.05) is 24.0 Å². The van der Waals surface area contributed by atoms with Gasteiger partial charge in [-0.3, -0.25) is 0 Å². The normalized spacial score (nSPS) is 17.3. The molecule has 3 rings (SSSR count). The SMILES string of the molecule is Cc1c(C(CN)C2CC2)c2cccc(Cl)c2n1C. The molecule has 0 aliphatic heterocycles. The molecule has 1 atom stereocenters. The summed E-state index contributed by atoms with van der Waals surface area (Å²) in [4.78, 5) is 0. The molecule has 1 aliphatic rings. The first-order valence-corrected chi connectivity index (χ1v) is 6.96. The highest BCUT2D eigenvalue weighted by Crippen LogP contribution is 2.46. The molecule has 2 nitrogen and oxygen atoms in total. The molecule has 0 spiro atoms. The van der Waals surface area contributed by atoms with Crippen LogP contribution in [0.3, 0.4) is 0 Å². The second-order valence-electron chi connectivity index (χ2n) is 5.37. The summed E-state index contributed by atoms with van der Waals surface area (Å²) in [5.74, 6) is 1.27. The highest BCUT2D eigenvalue weighted by molar-refractivity contribution is 6.35. The van der Waals surface area contributed by atoms with E-state index in [9.17, 15) is 0 Å². The predicted molar refractivity (Wildman–Crippen MR) is 77.2 cm³/mol. The molecular formula is C15H19ClN2. The zero-order valence-electron chi connectivity index (χ0n) is 10.9. The average Bonchev–Trinajstić information content (AvgIpc) is 3.14. The van der Waals surface area contributed by atoms with Crippen molar-refractivity contribution in [1.82, 2.24) is 4.57 Å². The number of para-hydroxylation sites is 1. The molecule has 0 amide bonds. The molecule has 1 aromatic carbocycles. The van der Waals surface area contributed by atoms with Crippen molar-refractivity contribution in [2.45, 2.75) is 25.7 Å². The lowest BCUT2D eigenvalue weighted by molar-refractivity contribution is 0.613. The van der Waals surface area contributed by atoms with Crippen molar-refractivity contribution >= 4 is 22.5 Å². The lowest BCUT2D eigenvalue weighted by Crippen LogP contribution is -2.15. The molecule has 0 radical (unpaired) electrons. The van der Waals surface area contributed by atoms with E-state index in [0.29, 0.717) is 5.92 Å². The van der Waals surface area contributed by atoms with E-state index in [-0.39, 0.29) is 0 Å². The van der Waals surface area contributed by atoms with Crippen molar-refractivity contribution in [3.8, 4) is 0 Å². The Morgan fingerprint density at radius 2 is 2.17 bits per heavy atom. The van der Waals surface area contributed by atoms with Crippen LogP contribution >= 0.6 is 11.6 Å². The molecule has 1 heterocycles. The van der Waals surface area contributed by atoms with Gasteiger partial charge in [-0.05, 0) is 43.9 Å². The maximum Gasteiger partial charge on any atom is 0.0672 e. The van der Waals surface area contributed by atoms with Crippen molar-refractivity contribution in [2.75, 3.05) is 6.54 Å². The van der Waals surface area contributed by atoms with Crippen molar-refractivity contribution in [3.63, 3.8) is 0 Å². The molecule has 0 saturated heterocycles. The number of hydrogen-bond donors (Lipinski definition) is 1. The van der Waals surface area contributed by atoms with E-state index in [1.54, 1.807) is 0 Å². The number of nitrogens with zero attached hydrogens (tertiary/aromatic N) is 1. The van der Waals surface area contributed by atoms with Crippen molar-refractivity contribution in [1.29, 1.82) is 0 Å². The molecule has 1 aliphatic carbocycles. The van der Waals surface area contributed by atoms with Crippen LogP contribution in [0.5, 0.6) is 0 Å². The molecule has 3 heteroatoms. The van der Waals surface area contributed by atoms with Gasteiger partial charge in [0.05, 0.1) is 10.5 Å². The number of rotatable bonds is 3. The summed E-state index contributed by atoms with van der Waals surface area (Å²) in [6, 6.07) is 6.17. The van der Waals surface area contributed by atoms with Crippen LogP contribution in [0.4, 0.5) is 0 Å². The van der Waals surface area contributed by atoms with Gasteiger partial charge in [0.1, 0.15) is 0 Å². The van der Waals surface area contributed by atoms with Crippen LogP contribution in [0.15, 0.2) is 18.2 Å². The minimum atomic E-state index is 0.493. The minimum absolute atomic E-state index is 0.493. The number of aromatic nitrogens is 1. The third-order valence-electron chi connectivity index (χ3n) is 4.32. The van der Waals surface area contributed by atoms with Crippen molar-refractivity contribution in [2.24, 2.45) is 18.7 Å². The van der Waals surface area contributed by atoms with E-state index in [1.807, 2.05) is 12.1 Å². The maximum atomic E-state index is 6.34. The van der Waals surface area contributed by atoms with E-state index < -0.39 is 0 Å². The zero-order chi connectivity index (χ0) is 12.9. The summed E-state index contributed by atoms with van der Waals surface area (Å²) in [6.07, 6.45) is 2.64. The highest BCUT2D eigenvalue weighted by Gasteiger charge is 2.34. The molecule has 1 saturated carbocycles. The molecule has 18 heavy (non-hydrogen) atoms. The van der Waals surface area contributed by atoms with Crippen LogP contribution in [0.2, 0.25) is 5.02 Å². The second-order valence-corrected chi connectivity index (χ2v) is 5.78. The Hall–Kier alpha value is -0.990. The van der Waals surface area contributed by atoms with Crippen LogP contribution in [0.1, 0.15) is 30.0 Å². The number of fused-ring (bicyclic) bond motifs is 1. The largest absolute Gasteiger partial charge is 0.346 e. The van der Waals surface area contributed by atoms with Crippen molar-refractivity contribution in [3.05, 3.63) is 34.5 Å². The first-order valence-electron chi connectivity index (χ1n) is 6.58. The average molecular weight is 263 g/mol. The third-order valence-corrected chi connectivity index (χ3v) is 4.63. The van der Waals surface area contributed by atoms with E-state index in [2.05, 4.69) is 24.6 Å². The van der Waals surface area contributed by atoms with Gasteiger partial charge >= 0.3 is 0 Å². The standard InChI is InChI=1S/C15H19ClN2/c1-9-14(12(8-17)10-6-7-10)11-4-3-5-13(16)15(11)18(9)2/h3-5,10,12H,6-8,17H2,1-2H3. The molecule has 2 N–H and O–H groups in total. The summed E-state index contributed by atoms with van der Waals surface area (Å²) < 4.78 is 2.21. The summed E-state index contributed by atoms with van der Waals surface area (Å²) in [7, 11) is 2.09. The zero-order valence-corrected chi connectivity index (χ0v) is 11.7. The molecule has 1 aromatic heterocycles. The Bertz CT molecular complexity index is 596. The predicted octanol–water partition coefficient (Wildman–Crippen LogP) is 3.59. The molecule has 2 aromatic rings. The summed E-state index contributed by atoms with van der Waals surface area (Å²) in [5.41, 5.74) is 9.88. The Morgan fingerprint density at radius 1 is 1.44 bits per heavy atom. The van der Waals surface area contributed by atoms with Crippen LogP contribution in [0, 0.1) is 12.8 Å².